The molecule has 0 saturated heterocycles. The zero-order valence-electron chi connectivity index (χ0n) is 12.3. The number of nitrogens with one attached hydrogen (secondary N) is 1. The zero-order chi connectivity index (χ0) is 16.4. The van der Waals surface area contributed by atoms with Gasteiger partial charge in [-0.1, -0.05) is 13.3 Å². The molecular formula is C12H18N4O5. The minimum absolute atomic E-state index is 0.0974. The van der Waals surface area contributed by atoms with Crippen molar-refractivity contribution in [3.63, 3.8) is 0 Å². The Hall–Kier alpha value is -2.45. The van der Waals surface area contributed by atoms with E-state index in [1.807, 2.05) is 0 Å². The van der Waals surface area contributed by atoms with Crippen LogP contribution in [0.3, 0.4) is 0 Å². The normalized spacial score (nSPS) is 13.5. The highest BCUT2D eigenvalue weighted by Crippen LogP contribution is 2.23. The molecule has 116 valence electrons. The van der Waals surface area contributed by atoms with Crippen LogP contribution in [0.15, 0.2) is 0 Å². The number of carbonyl (C=O) groups is 2. The number of rotatable bonds is 6. The molecule has 1 aromatic heterocycles. The number of hydrogen-bond acceptors (Lipinski definition) is 5. The molecule has 2 N–H and O–H groups in total. The molecule has 0 aromatic carbocycles. The third-order valence-electron chi connectivity index (χ3n) is 3.20. The quantitative estimate of drug-likeness (QED) is 0.596. The zero-order valence-corrected chi connectivity index (χ0v) is 12.3. The van der Waals surface area contributed by atoms with Gasteiger partial charge in [0.05, 0.1) is 4.92 Å². The molecule has 0 fully saturated rings. The number of nitrogens with zero attached hydrogens (tertiary/aromatic N) is 3. The number of hydrogen-bond donors (Lipinski definition) is 2. The minimum Gasteiger partial charge on any atom is -0.480 e. The largest absolute Gasteiger partial charge is 0.480 e. The standard InChI is InChI=1S/C12H18N4O5/c1-5-6-12(3,11(18)19)13-10(17)9-8(16(20)21)7(2)14-15(9)4/h5-6H2,1-4H3,(H,13,17)(H,18,19). The van der Waals surface area contributed by atoms with Gasteiger partial charge in [-0.2, -0.15) is 5.10 Å². The van der Waals surface area contributed by atoms with Crippen molar-refractivity contribution in [3.8, 4) is 0 Å². The Balaban J connectivity index is 3.21. The molecule has 9 heteroatoms. The number of aliphatic carboxylic acids is 1. The highest BCUT2D eigenvalue weighted by Gasteiger charge is 2.37. The van der Waals surface area contributed by atoms with E-state index in [4.69, 9.17) is 0 Å². The smallest absolute Gasteiger partial charge is 0.329 e. The van der Waals surface area contributed by atoms with Crippen LogP contribution in [0.1, 0.15) is 42.9 Å². The van der Waals surface area contributed by atoms with E-state index in [0.717, 1.165) is 4.68 Å². The van der Waals surface area contributed by atoms with E-state index in [1.165, 1.54) is 20.9 Å². The lowest BCUT2D eigenvalue weighted by atomic mass is 9.96. The lowest BCUT2D eigenvalue weighted by molar-refractivity contribution is -0.385. The molecule has 0 spiro atoms. The van der Waals surface area contributed by atoms with Gasteiger partial charge < -0.3 is 10.4 Å². The van der Waals surface area contributed by atoms with E-state index >= 15 is 0 Å². The molecule has 1 heterocycles. The molecule has 0 radical (unpaired) electrons. The second-order valence-electron chi connectivity index (χ2n) is 5.00. The fourth-order valence-corrected chi connectivity index (χ4v) is 2.15. The van der Waals surface area contributed by atoms with Crippen LogP contribution in [-0.2, 0) is 11.8 Å². The van der Waals surface area contributed by atoms with Gasteiger partial charge in [0.2, 0.25) is 5.69 Å². The van der Waals surface area contributed by atoms with Crippen molar-refractivity contribution in [3.05, 3.63) is 21.5 Å². The first kappa shape index (κ1) is 16.6. The minimum atomic E-state index is -1.49. The van der Waals surface area contributed by atoms with Crippen molar-refractivity contribution >= 4 is 17.6 Å². The van der Waals surface area contributed by atoms with E-state index in [1.54, 1.807) is 6.92 Å². The highest BCUT2D eigenvalue weighted by molar-refractivity contribution is 5.99. The molecule has 0 bridgehead atoms. The third-order valence-corrected chi connectivity index (χ3v) is 3.20. The van der Waals surface area contributed by atoms with Gasteiger partial charge in [0.1, 0.15) is 11.2 Å². The molecule has 0 aliphatic heterocycles. The Morgan fingerprint density at radius 1 is 1.52 bits per heavy atom. The van der Waals surface area contributed by atoms with Crippen LogP contribution < -0.4 is 5.32 Å². The van der Waals surface area contributed by atoms with Crippen molar-refractivity contribution in [2.24, 2.45) is 7.05 Å². The maximum Gasteiger partial charge on any atom is 0.329 e. The second kappa shape index (κ2) is 5.90. The summed E-state index contributed by atoms with van der Waals surface area (Å²) < 4.78 is 1.08. The van der Waals surface area contributed by atoms with Gasteiger partial charge in [0.15, 0.2) is 0 Å². The molecule has 0 aliphatic carbocycles. The van der Waals surface area contributed by atoms with Gasteiger partial charge in [-0.15, -0.1) is 0 Å². The van der Waals surface area contributed by atoms with Gasteiger partial charge in [-0.05, 0) is 20.3 Å². The van der Waals surface area contributed by atoms with Crippen LogP contribution >= 0.6 is 0 Å². The Labute approximate surface area is 121 Å². The number of aromatic nitrogens is 2. The molecule has 1 rings (SSSR count). The number of aryl methyl sites for hydroxylation is 2. The van der Waals surface area contributed by atoms with E-state index in [0.29, 0.717) is 6.42 Å². The Morgan fingerprint density at radius 2 is 2.10 bits per heavy atom. The van der Waals surface area contributed by atoms with Crippen molar-refractivity contribution < 1.29 is 19.6 Å². The van der Waals surface area contributed by atoms with Crippen LogP contribution in [0.4, 0.5) is 5.69 Å². The summed E-state index contributed by atoms with van der Waals surface area (Å²) in [4.78, 5) is 33.9. The summed E-state index contributed by atoms with van der Waals surface area (Å²) in [5.41, 5.74) is -2.07. The number of carboxylic acids is 1. The molecule has 9 nitrogen and oxygen atoms in total. The Kier molecular flexibility index (Phi) is 4.66. The van der Waals surface area contributed by atoms with Crippen molar-refractivity contribution in [2.45, 2.75) is 39.2 Å². The Morgan fingerprint density at radius 3 is 2.52 bits per heavy atom. The molecule has 0 saturated carbocycles. The van der Waals surface area contributed by atoms with Crippen LogP contribution in [0.25, 0.3) is 0 Å². The lowest BCUT2D eigenvalue weighted by Gasteiger charge is -2.25. The SMILES string of the molecule is CCCC(C)(NC(=O)c1c([N+](=O)[O-])c(C)nn1C)C(=O)O. The van der Waals surface area contributed by atoms with Crippen LogP contribution in [0, 0.1) is 17.0 Å². The molecule has 1 aromatic rings. The monoisotopic (exact) mass is 298 g/mol. The molecule has 0 aliphatic rings. The maximum absolute atomic E-state index is 12.3. The fourth-order valence-electron chi connectivity index (χ4n) is 2.15. The lowest BCUT2D eigenvalue weighted by Crippen LogP contribution is -2.52. The predicted octanol–water partition coefficient (Wildman–Crippen LogP) is 1.01. The van der Waals surface area contributed by atoms with Gasteiger partial charge in [0.25, 0.3) is 5.91 Å². The van der Waals surface area contributed by atoms with Crippen LogP contribution in [-0.4, -0.2) is 37.2 Å². The van der Waals surface area contributed by atoms with E-state index in [-0.39, 0.29) is 17.8 Å². The molecule has 21 heavy (non-hydrogen) atoms. The Bertz CT molecular complexity index is 595. The van der Waals surface area contributed by atoms with E-state index < -0.39 is 28.0 Å². The summed E-state index contributed by atoms with van der Waals surface area (Å²) in [5, 5.41) is 26.5. The summed E-state index contributed by atoms with van der Waals surface area (Å²) in [6.45, 7) is 4.56. The molecule has 1 amide bonds. The van der Waals surface area contributed by atoms with Crippen molar-refractivity contribution in [1.29, 1.82) is 0 Å². The third kappa shape index (κ3) is 3.18. The summed E-state index contributed by atoms with van der Waals surface area (Å²) in [7, 11) is 1.40. The second-order valence-corrected chi connectivity index (χ2v) is 5.00. The summed E-state index contributed by atoms with van der Waals surface area (Å²) in [6.07, 6.45) is 0.744. The van der Waals surface area contributed by atoms with Crippen molar-refractivity contribution in [2.75, 3.05) is 0 Å². The van der Waals surface area contributed by atoms with Crippen molar-refractivity contribution in [1.82, 2.24) is 15.1 Å². The number of carboxylic acid groups (broad SMARTS) is 1. The topological polar surface area (TPSA) is 127 Å². The predicted molar refractivity (Wildman–Crippen MR) is 73.0 cm³/mol. The molecule has 1 atom stereocenters. The first-order valence-electron chi connectivity index (χ1n) is 6.38. The van der Waals surface area contributed by atoms with Crippen LogP contribution in [0.2, 0.25) is 0 Å². The number of nitro groups is 1. The molecular weight excluding hydrogens is 280 g/mol. The first-order valence-corrected chi connectivity index (χ1v) is 6.38. The van der Waals surface area contributed by atoms with Gasteiger partial charge in [-0.25, -0.2) is 4.79 Å². The summed E-state index contributed by atoms with van der Waals surface area (Å²) in [6, 6.07) is 0. The number of carbonyl (C=O) groups excluding carboxylic acids is 1. The van der Waals surface area contributed by atoms with Gasteiger partial charge >= 0.3 is 11.7 Å². The summed E-state index contributed by atoms with van der Waals surface area (Å²) in [5.74, 6) is -2.03. The highest BCUT2D eigenvalue weighted by atomic mass is 16.6. The molecule has 1 unspecified atom stereocenters. The van der Waals surface area contributed by atoms with Crippen LogP contribution in [0.5, 0.6) is 0 Å². The average Bonchev–Trinajstić information content (AvgIpc) is 2.64. The average molecular weight is 298 g/mol. The first-order chi connectivity index (χ1) is 9.64. The van der Waals surface area contributed by atoms with E-state index in [2.05, 4.69) is 10.4 Å². The summed E-state index contributed by atoms with van der Waals surface area (Å²) >= 11 is 0. The van der Waals surface area contributed by atoms with Gasteiger partial charge in [0, 0.05) is 7.05 Å². The maximum atomic E-state index is 12.3. The van der Waals surface area contributed by atoms with E-state index in [9.17, 15) is 24.8 Å². The van der Waals surface area contributed by atoms with Gasteiger partial charge in [-0.3, -0.25) is 19.6 Å². The fraction of sp³-hybridized carbons (Fsp3) is 0.583. The number of amides is 1.